The molecule has 0 atom stereocenters. The van der Waals surface area contributed by atoms with Crippen molar-refractivity contribution >= 4 is 11.4 Å². The van der Waals surface area contributed by atoms with Crippen molar-refractivity contribution in [1.29, 1.82) is 0 Å². The number of anilines is 2. The van der Waals surface area contributed by atoms with Crippen molar-refractivity contribution in [3.63, 3.8) is 0 Å². The Bertz CT molecular complexity index is 289. The predicted octanol–water partition coefficient (Wildman–Crippen LogP) is 0.904. The van der Waals surface area contributed by atoms with Gasteiger partial charge < -0.3 is 21.3 Å². The first-order valence-corrected chi connectivity index (χ1v) is 6.23. The van der Waals surface area contributed by atoms with Crippen LogP contribution in [-0.2, 0) is 0 Å². The summed E-state index contributed by atoms with van der Waals surface area (Å²) in [7, 11) is 1.93. The van der Waals surface area contributed by atoms with Crippen LogP contribution in [0.25, 0.3) is 0 Å². The number of rotatable bonds is 2. The Morgan fingerprint density at radius 2 is 1.76 bits per heavy atom. The van der Waals surface area contributed by atoms with Crippen LogP contribution in [0.3, 0.4) is 0 Å². The topological polar surface area (TPSA) is 53.3 Å². The lowest BCUT2D eigenvalue weighted by atomic mass is 10.2. The van der Waals surface area contributed by atoms with Gasteiger partial charge in [0, 0.05) is 37.6 Å². The van der Waals surface area contributed by atoms with Crippen LogP contribution in [-0.4, -0.2) is 39.8 Å². The van der Waals surface area contributed by atoms with E-state index in [1.165, 1.54) is 5.69 Å². The second kappa shape index (κ2) is 7.92. The lowest BCUT2D eigenvalue weighted by Gasteiger charge is -2.29. The molecule has 1 heterocycles. The fourth-order valence-electron chi connectivity index (χ4n) is 1.61. The summed E-state index contributed by atoms with van der Waals surface area (Å²) in [5, 5.41) is 6.26. The third kappa shape index (κ3) is 5.06. The maximum absolute atomic E-state index is 5.63. The molecule has 96 valence electrons. The van der Waals surface area contributed by atoms with Gasteiger partial charge >= 0.3 is 0 Å². The third-order valence-corrected chi connectivity index (χ3v) is 2.73. The van der Waals surface area contributed by atoms with Gasteiger partial charge in [-0.1, -0.05) is 6.92 Å². The first kappa shape index (κ1) is 13.8. The summed E-state index contributed by atoms with van der Waals surface area (Å²) < 4.78 is 0. The number of piperazine rings is 1. The largest absolute Gasteiger partial charge is 0.399 e. The van der Waals surface area contributed by atoms with E-state index in [4.69, 9.17) is 5.73 Å². The van der Waals surface area contributed by atoms with E-state index in [1.54, 1.807) is 0 Å². The summed E-state index contributed by atoms with van der Waals surface area (Å²) in [4.78, 5) is 2.37. The van der Waals surface area contributed by atoms with Gasteiger partial charge in [0.05, 0.1) is 0 Å². The maximum atomic E-state index is 5.63. The summed E-state index contributed by atoms with van der Waals surface area (Å²) >= 11 is 0. The van der Waals surface area contributed by atoms with Crippen molar-refractivity contribution in [1.82, 2.24) is 10.6 Å². The van der Waals surface area contributed by atoms with Crippen LogP contribution in [0.5, 0.6) is 0 Å². The zero-order chi connectivity index (χ0) is 12.5. The normalized spacial score (nSPS) is 15.1. The zero-order valence-electron chi connectivity index (χ0n) is 10.9. The lowest BCUT2D eigenvalue weighted by Crippen LogP contribution is -2.43. The molecule has 1 aromatic carbocycles. The number of nitrogen functional groups attached to an aromatic ring is 1. The molecule has 0 aromatic heterocycles. The summed E-state index contributed by atoms with van der Waals surface area (Å²) in [6.45, 7) is 7.46. The number of nitrogens with two attached hydrogens (primary N) is 1. The molecule has 1 aliphatic heterocycles. The quantitative estimate of drug-likeness (QED) is 0.668. The predicted molar refractivity (Wildman–Crippen MR) is 75.5 cm³/mol. The van der Waals surface area contributed by atoms with E-state index in [9.17, 15) is 0 Å². The molecule has 0 unspecified atom stereocenters. The summed E-state index contributed by atoms with van der Waals surface area (Å²) in [5.74, 6) is 0. The van der Waals surface area contributed by atoms with Gasteiger partial charge in [-0.3, -0.25) is 0 Å². The molecule has 0 bridgehead atoms. The fourth-order valence-corrected chi connectivity index (χ4v) is 1.61. The highest BCUT2D eigenvalue weighted by molar-refractivity contribution is 5.53. The van der Waals surface area contributed by atoms with Crippen molar-refractivity contribution in [2.75, 3.05) is 50.4 Å². The standard InChI is InChI=1S/C10H15N3.C3H9N/c11-9-1-3-10(4-2-9)13-7-5-12-6-8-13;1-3-4-2/h1-4,12H,5-8,11H2;4H,3H2,1-2H3. The number of hydrogen-bond acceptors (Lipinski definition) is 4. The second-order valence-electron chi connectivity index (χ2n) is 4.04. The van der Waals surface area contributed by atoms with E-state index in [0.29, 0.717) is 0 Å². The van der Waals surface area contributed by atoms with Gasteiger partial charge in [-0.15, -0.1) is 0 Å². The van der Waals surface area contributed by atoms with Crippen LogP contribution in [0.4, 0.5) is 11.4 Å². The summed E-state index contributed by atoms with van der Waals surface area (Å²) in [6, 6.07) is 8.08. The number of nitrogens with one attached hydrogen (secondary N) is 2. The summed E-state index contributed by atoms with van der Waals surface area (Å²) in [5.41, 5.74) is 7.73. The molecule has 1 saturated heterocycles. The van der Waals surface area contributed by atoms with E-state index < -0.39 is 0 Å². The lowest BCUT2D eigenvalue weighted by molar-refractivity contribution is 0.589. The first-order valence-electron chi connectivity index (χ1n) is 6.23. The Labute approximate surface area is 104 Å². The van der Waals surface area contributed by atoms with Crippen LogP contribution < -0.4 is 21.3 Å². The molecule has 0 spiro atoms. The second-order valence-corrected chi connectivity index (χ2v) is 4.04. The SMILES string of the molecule is CCNC.Nc1ccc(N2CCNCC2)cc1. The monoisotopic (exact) mass is 236 g/mol. The minimum atomic E-state index is 0.832. The van der Waals surface area contributed by atoms with Crippen LogP contribution in [0.15, 0.2) is 24.3 Å². The molecule has 17 heavy (non-hydrogen) atoms. The van der Waals surface area contributed by atoms with Crippen LogP contribution in [0.1, 0.15) is 6.92 Å². The Morgan fingerprint density at radius 1 is 1.24 bits per heavy atom. The Kier molecular flexibility index (Phi) is 6.43. The van der Waals surface area contributed by atoms with E-state index in [2.05, 4.69) is 34.6 Å². The molecule has 1 aromatic rings. The van der Waals surface area contributed by atoms with Crippen LogP contribution >= 0.6 is 0 Å². The van der Waals surface area contributed by atoms with E-state index in [0.717, 1.165) is 38.4 Å². The number of hydrogen-bond donors (Lipinski definition) is 3. The molecule has 0 aliphatic carbocycles. The van der Waals surface area contributed by atoms with Gasteiger partial charge in [0.1, 0.15) is 0 Å². The molecular formula is C13H24N4. The molecule has 2 rings (SSSR count). The molecular weight excluding hydrogens is 212 g/mol. The molecule has 4 N–H and O–H groups in total. The van der Waals surface area contributed by atoms with Crippen LogP contribution in [0.2, 0.25) is 0 Å². The van der Waals surface area contributed by atoms with Gasteiger partial charge in [-0.05, 0) is 37.9 Å². The smallest absolute Gasteiger partial charge is 0.0368 e. The molecule has 1 aliphatic rings. The zero-order valence-corrected chi connectivity index (χ0v) is 10.9. The van der Waals surface area contributed by atoms with Crippen molar-refractivity contribution in [2.24, 2.45) is 0 Å². The highest BCUT2D eigenvalue weighted by atomic mass is 15.2. The van der Waals surface area contributed by atoms with Crippen molar-refractivity contribution in [3.8, 4) is 0 Å². The molecule has 0 saturated carbocycles. The Hall–Kier alpha value is -1.26. The highest BCUT2D eigenvalue weighted by Gasteiger charge is 2.09. The van der Waals surface area contributed by atoms with Crippen molar-refractivity contribution in [2.45, 2.75) is 6.92 Å². The van der Waals surface area contributed by atoms with E-state index >= 15 is 0 Å². The number of benzene rings is 1. The number of nitrogens with zero attached hydrogens (tertiary/aromatic N) is 1. The molecule has 4 heteroatoms. The molecule has 4 nitrogen and oxygen atoms in total. The van der Waals surface area contributed by atoms with Crippen molar-refractivity contribution < 1.29 is 0 Å². The molecule has 1 fully saturated rings. The van der Waals surface area contributed by atoms with E-state index in [-0.39, 0.29) is 0 Å². The van der Waals surface area contributed by atoms with Gasteiger partial charge in [-0.25, -0.2) is 0 Å². The molecule has 0 radical (unpaired) electrons. The van der Waals surface area contributed by atoms with Crippen molar-refractivity contribution in [3.05, 3.63) is 24.3 Å². The average Bonchev–Trinajstić information content (AvgIpc) is 2.41. The van der Waals surface area contributed by atoms with Crippen LogP contribution in [0, 0.1) is 0 Å². The fraction of sp³-hybridized carbons (Fsp3) is 0.538. The van der Waals surface area contributed by atoms with Gasteiger partial charge in [0.2, 0.25) is 0 Å². The Balaban J connectivity index is 0.000000317. The van der Waals surface area contributed by atoms with Gasteiger partial charge in [0.25, 0.3) is 0 Å². The highest BCUT2D eigenvalue weighted by Crippen LogP contribution is 2.16. The van der Waals surface area contributed by atoms with Gasteiger partial charge in [0.15, 0.2) is 0 Å². The van der Waals surface area contributed by atoms with Gasteiger partial charge in [-0.2, -0.15) is 0 Å². The maximum Gasteiger partial charge on any atom is 0.0368 e. The minimum Gasteiger partial charge on any atom is -0.399 e. The minimum absolute atomic E-state index is 0.832. The van der Waals surface area contributed by atoms with E-state index in [1.807, 2.05) is 19.2 Å². The Morgan fingerprint density at radius 3 is 2.24 bits per heavy atom. The first-order chi connectivity index (χ1) is 8.27. The third-order valence-electron chi connectivity index (χ3n) is 2.73. The summed E-state index contributed by atoms with van der Waals surface area (Å²) in [6.07, 6.45) is 0. The average molecular weight is 236 g/mol. The molecule has 0 amide bonds.